The Labute approximate surface area is 131 Å². The van der Waals surface area contributed by atoms with E-state index < -0.39 is 0 Å². The third-order valence-corrected chi connectivity index (χ3v) is 3.95. The van der Waals surface area contributed by atoms with Crippen LogP contribution in [0.1, 0.15) is 36.1 Å². The van der Waals surface area contributed by atoms with Crippen LogP contribution < -0.4 is 5.32 Å². The van der Waals surface area contributed by atoms with Crippen molar-refractivity contribution < 1.29 is 9.21 Å². The number of halogens is 2. The molecule has 3 rings (SSSR count). The molecular weight excluding hydrogens is 313 g/mol. The fraction of sp³-hybridized carbons (Fsp3) is 0.357. The summed E-state index contributed by atoms with van der Waals surface area (Å²) in [5, 5.41) is 11.5. The molecule has 1 amide bonds. The predicted molar refractivity (Wildman–Crippen MR) is 78.3 cm³/mol. The van der Waals surface area contributed by atoms with E-state index in [1.807, 2.05) is 0 Å². The SMILES string of the molecule is O=C(Cc1c(Cl)cccc1Cl)NCc1nnc(C2CC2)o1. The number of rotatable bonds is 5. The van der Waals surface area contributed by atoms with Gasteiger partial charge >= 0.3 is 0 Å². The Morgan fingerprint density at radius 2 is 2.00 bits per heavy atom. The summed E-state index contributed by atoms with van der Waals surface area (Å²) in [6.45, 7) is 0.209. The van der Waals surface area contributed by atoms with Crippen LogP contribution in [0.3, 0.4) is 0 Å². The molecule has 0 radical (unpaired) electrons. The van der Waals surface area contributed by atoms with Gasteiger partial charge in [0.2, 0.25) is 17.7 Å². The van der Waals surface area contributed by atoms with Crippen molar-refractivity contribution >= 4 is 29.1 Å². The van der Waals surface area contributed by atoms with Crippen LogP contribution in [0.4, 0.5) is 0 Å². The number of nitrogens with one attached hydrogen (secondary N) is 1. The van der Waals surface area contributed by atoms with Gasteiger partial charge in [-0.15, -0.1) is 10.2 Å². The highest BCUT2D eigenvalue weighted by atomic mass is 35.5. The second kappa shape index (κ2) is 6.03. The van der Waals surface area contributed by atoms with E-state index in [4.69, 9.17) is 27.6 Å². The van der Waals surface area contributed by atoms with Crippen LogP contribution in [-0.2, 0) is 17.8 Å². The van der Waals surface area contributed by atoms with Crippen molar-refractivity contribution in [2.75, 3.05) is 0 Å². The molecule has 21 heavy (non-hydrogen) atoms. The van der Waals surface area contributed by atoms with Gasteiger partial charge in [0.15, 0.2) is 0 Å². The molecule has 1 aromatic carbocycles. The zero-order valence-corrected chi connectivity index (χ0v) is 12.6. The van der Waals surface area contributed by atoms with Gasteiger partial charge in [-0.1, -0.05) is 29.3 Å². The highest BCUT2D eigenvalue weighted by Crippen LogP contribution is 2.38. The van der Waals surface area contributed by atoms with E-state index in [1.165, 1.54) is 0 Å². The maximum Gasteiger partial charge on any atom is 0.235 e. The minimum Gasteiger partial charge on any atom is -0.423 e. The van der Waals surface area contributed by atoms with Gasteiger partial charge in [-0.3, -0.25) is 4.79 Å². The second-order valence-corrected chi connectivity index (χ2v) is 5.78. The van der Waals surface area contributed by atoms with E-state index in [2.05, 4.69) is 15.5 Å². The molecule has 1 heterocycles. The van der Waals surface area contributed by atoms with Gasteiger partial charge in [-0.2, -0.15) is 0 Å². The zero-order chi connectivity index (χ0) is 14.8. The van der Waals surface area contributed by atoms with Crippen LogP contribution in [0.2, 0.25) is 10.0 Å². The third kappa shape index (κ3) is 3.54. The summed E-state index contributed by atoms with van der Waals surface area (Å²) in [4.78, 5) is 11.9. The van der Waals surface area contributed by atoms with Crippen molar-refractivity contribution in [2.45, 2.75) is 31.7 Å². The minimum atomic E-state index is -0.198. The molecular formula is C14H13Cl2N3O2. The Hall–Kier alpha value is -1.59. The molecule has 0 unspecified atom stereocenters. The molecule has 2 aromatic rings. The number of amides is 1. The maximum atomic E-state index is 11.9. The first-order valence-corrected chi connectivity index (χ1v) is 7.41. The quantitative estimate of drug-likeness (QED) is 0.917. The smallest absolute Gasteiger partial charge is 0.235 e. The standard InChI is InChI=1S/C14H13Cl2N3O2/c15-10-2-1-3-11(16)9(10)6-12(20)17-7-13-18-19-14(21-13)8-4-5-8/h1-3,8H,4-7H2,(H,17,20). The number of aromatic nitrogens is 2. The average molecular weight is 326 g/mol. The highest BCUT2D eigenvalue weighted by molar-refractivity contribution is 6.36. The van der Waals surface area contributed by atoms with Gasteiger partial charge < -0.3 is 9.73 Å². The van der Waals surface area contributed by atoms with Crippen molar-refractivity contribution in [1.29, 1.82) is 0 Å². The molecule has 0 atom stereocenters. The summed E-state index contributed by atoms with van der Waals surface area (Å²) in [5.41, 5.74) is 0.613. The molecule has 1 fully saturated rings. The van der Waals surface area contributed by atoms with Gasteiger partial charge in [0.1, 0.15) is 0 Å². The fourth-order valence-corrected chi connectivity index (χ4v) is 2.46. The summed E-state index contributed by atoms with van der Waals surface area (Å²) < 4.78 is 5.47. The largest absolute Gasteiger partial charge is 0.423 e. The van der Waals surface area contributed by atoms with Gasteiger partial charge in [0.05, 0.1) is 13.0 Å². The molecule has 0 spiro atoms. The molecule has 110 valence electrons. The first kappa shape index (κ1) is 14.4. The highest BCUT2D eigenvalue weighted by Gasteiger charge is 2.29. The van der Waals surface area contributed by atoms with Crippen molar-refractivity contribution in [2.24, 2.45) is 0 Å². The monoisotopic (exact) mass is 325 g/mol. The molecule has 0 saturated heterocycles. The normalized spacial score (nSPS) is 14.2. The number of benzene rings is 1. The Morgan fingerprint density at radius 3 is 2.67 bits per heavy atom. The van der Waals surface area contributed by atoms with Crippen LogP contribution in [0.15, 0.2) is 22.6 Å². The molecule has 1 aliphatic rings. The van der Waals surface area contributed by atoms with Crippen molar-refractivity contribution in [1.82, 2.24) is 15.5 Å². The molecule has 1 N–H and O–H groups in total. The topological polar surface area (TPSA) is 68.0 Å². The molecule has 0 aliphatic heterocycles. The number of nitrogens with zero attached hydrogens (tertiary/aromatic N) is 2. The average Bonchev–Trinajstić information content (AvgIpc) is 3.20. The summed E-state index contributed by atoms with van der Waals surface area (Å²) in [7, 11) is 0. The number of hydrogen-bond acceptors (Lipinski definition) is 4. The molecule has 5 nitrogen and oxygen atoms in total. The number of carbonyl (C=O) groups excluding carboxylic acids is 1. The van der Waals surface area contributed by atoms with Gasteiger partial charge in [-0.25, -0.2) is 0 Å². The Kier molecular flexibility index (Phi) is 4.12. The molecule has 1 aromatic heterocycles. The minimum absolute atomic E-state index is 0.113. The fourth-order valence-electron chi connectivity index (χ4n) is 1.93. The lowest BCUT2D eigenvalue weighted by Crippen LogP contribution is -2.25. The van der Waals surface area contributed by atoms with Crippen LogP contribution in [0, 0.1) is 0 Å². The maximum absolute atomic E-state index is 11.9. The summed E-state index contributed by atoms with van der Waals surface area (Å²) >= 11 is 12.1. The third-order valence-electron chi connectivity index (χ3n) is 3.24. The van der Waals surface area contributed by atoms with E-state index in [-0.39, 0.29) is 18.9 Å². The van der Waals surface area contributed by atoms with Crippen LogP contribution >= 0.6 is 23.2 Å². The Balaban J connectivity index is 1.56. The van der Waals surface area contributed by atoms with Crippen LogP contribution in [0.5, 0.6) is 0 Å². The van der Waals surface area contributed by atoms with E-state index >= 15 is 0 Å². The molecule has 7 heteroatoms. The van der Waals surface area contributed by atoms with E-state index in [0.717, 1.165) is 12.8 Å². The van der Waals surface area contributed by atoms with Gasteiger partial charge in [0.25, 0.3) is 0 Å². The van der Waals surface area contributed by atoms with E-state index in [1.54, 1.807) is 18.2 Å². The predicted octanol–water partition coefficient (Wildman–Crippen LogP) is 3.11. The van der Waals surface area contributed by atoms with E-state index in [9.17, 15) is 4.79 Å². The molecule has 1 saturated carbocycles. The Bertz CT molecular complexity index is 648. The first-order valence-electron chi connectivity index (χ1n) is 6.65. The summed E-state index contributed by atoms with van der Waals surface area (Å²) in [6, 6.07) is 5.15. The van der Waals surface area contributed by atoms with E-state index in [0.29, 0.717) is 33.3 Å². The molecule has 1 aliphatic carbocycles. The van der Waals surface area contributed by atoms with Crippen molar-refractivity contribution in [3.63, 3.8) is 0 Å². The van der Waals surface area contributed by atoms with Crippen LogP contribution in [0.25, 0.3) is 0 Å². The van der Waals surface area contributed by atoms with Gasteiger partial charge in [0, 0.05) is 16.0 Å². The second-order valence-electron chi connectivity index (χ2n) is 4.96. The van der Waals surface area contributed by atoms with Crippen molar-refractivity contribution in [3.05, 3.63) is 45.6 Å². The lowest BCUT2D eigenvalue weighted by molar-refractivity contribution is -0.120. The summed E-state index contributed by atoms with van der Waals surface area (Å²) in [6.07, 6.45) is 2.31. The van der Waals surface area contributed by atoms with Crippen LogP contribution in [-0.4, -0.2) is 16.1 Å². The summed E-state index contributed by atoms with van der Waals surface area (Å²) in [5.74, 6) is 1.28. The van der Waals surface area contributed by atoms with Gasteiger partial charge in [-0.05, 0) is 30.5 Å². The number of hydrogen-bond donors (Lipinski definition) is 1. The lowest BCUT2D eigenvalue weighted by Gasteiger charge is -2.06. The lowest BCUT2D eigenvalue weighted by atomic mass is 10.1. The molecule has 0 bridgehead atoms. The van der Waals surface area contributed by atoms with Crippen molar-refractivity contribution in [3.8, 4) is 0 Å². The Morgan fingerprint density at radius 1 is 1.29 bits per heavy atom. The first-order chi connectivity index (χ1) is 10.1. The number of carbonyl (C=O) groups is 1. The zero-order valence-electron chi connectivity index (χ0n) is 11.1.